The van der Waals surface area contributed by atoms with Crippen LogP contribution in [0.25, 0.3) is 0 Å². The van der Waals surface area contributed by atoms with Gasteiger partial charge in [0.25, 0.3) is 0 Å². The number of hydrogen-bond acceptors (Lipinski definition) is 3. The SMILES string of the molecule is CC(C)CCC(=O)NCc1cccc(OCC(=O)O)c1. The van der Waals surface area contributed by atoms with E-state index in [0.717, 1.165) is 12.0 Å². The number of rotatable bonds is 8. The predicted molar refractivity (Wildman–Crippen MR) is 75.5 cm³/mol. The molecule has 1 aromatic carbocycles. The second-order valence-corrected chi connectivity index (χ2v) is 5.04. The van der Waals surface area contributed by atoms with Crippen LogP contribution in [0.15, 0.2) is 24.3 Å². The molecule has 0 aliphatic heterocycles. The average molecular weight is 279 g/mol. The van der Waals surface area contributed by atoms with Crippen LogP contribution in [-0.2, 0) is 16.1 Å². The normalized spacial score (nSPS) is 10.3. The van der Waals surface area contributed by atoms with Crippen molar-refractivity contribution in [3.8, 4) is 5.75 Å². The van der Waals surface area contributed by atoms with Gasteiger partial charge in [-0.3, -0.25) is 4.79 Å². The molecule has 0 spiro atoms. The Morgan fingerprint density at radius 3 is 2.75 bits per heavy atom. The van der Waals surface area contributed by atoms with Gasteiger partial charge in [-0.1, -0.05) is 26.0 Å². The smallest absolute Gasteiger partial charge is 0.341 e. The van der Waals surface area contributed by atoms with Gasteiger partial charge in [0.05, 0.1) is 0 Å². The minimum absolute atomic E-state index is 0.0237. The van der Waals surface area contributed by atoms with Gasteiger partial charge in [0.15, 0.2) is 6.61 Å². The zero-order chi connectivity index (χ0) is 15.0. The van der Waals surface area contributed by atoms with E-state index in [2.05, 4.69) is 19.2 Å². The molecule has 20 heavy (non-hydrogen) atoms. The quantitative estimate of drug-likeness (QED) is 0.765. The Balaban J connectivity index is 2.41. The molecule has 0 radical (unpaired) electrons. The number of amides is 1. The summed E-state index contributed by atoms with van der Waals surface area (Å²) < 4.78 is 5.08. The molecular formula is C15H21NO4. The van der Waals surface area contributed by atoms with Crippen LogP contribution in [-0.4, -0.2) is 23.6 Å². The van der Waals surface area contributed by atoms with Crippen molar-refractivity contribution in [2.45, 2.75) is 33.2 Å². The molecule has 0 bridgehead atoms. The van der Waals surface area contributed by atoms with E-state index in [4.69, 9.17) is 9.84 Å². The molecule has 0 unspecified atom stereocenters. The maximum absolute atomic E-state index is 11.6. The van der Waals surface area contributed by atoms with Gasteiger partial charge in [-0.05, 0) is 30.0 Å². The third-order valence-electron chi connectivity index (χ3n) is 2.70. The molecule has 0 fully saturated rings. The fraction of sp³-hybridized carbons (Fsp3) is 0.467. The molecule has 1 rings (SSSR count). The average Bonchev–Trinajstić information content (AvgIpc) is 2.41. The van der Waals surface area contributed by atoms with Crippen LogP contribution in [0.3, 0.4) is 0 Å². The van der Waals surface area contributed by atoms with Gasteiger partial charge in [-0.15, -0.1) is 0 Å². The summed E-state index contributed by atoms with van der Waals surface area (Å²) in [7, 11) is 0. The zero-order valence-corrected chi connectivity index (χ0v) is 11.9. The Kier molecular flexibility index (Phi) is 6.56. The maximum atomic E-state index is 11.6. The van der Waals surface area contributed by atoms with Gasteiger partial charge in [-0.25, -0.2) is 4.79 Å². The van der Waals surface area contributed by atoms with Gasteiger partial charge in [-0.2, -0.15) is 0 Å². The summed E-state index contributed by atoms with van der Waals surface area (Å²) in [6, 6.07) is 7.04. The standard InChI is InChI=1S/C15H21NO4/c1-11(2)6-7-14(17)16-9-12-4-3-5-13(8-12)20-10-15(18)19/h3-5,8,11H,6-7,9-10H2,1-2H3,(H,16,17)(H,18,19). The van der Waals surface area contributed by atoms with Gasteiger partial charge in [0, 0.05) is 13.0 Å². The van der Waals surface area contributed by atoms with E-state index in [1.165, 1.54) is 0 Å². The highest BCUT2D eigenvalue weighted by atomic mass is 16.5. The van der Waals surface area contributed by atoms with Crippen molar-refractivity contribution in [3.63, 3.8) is 0 Å². The summed E-state index contributed by atoms with van der Waals surface area (Å²) in [4.78, 5) is 22.0. The third-order valence-corrected chi connectivity index (χ3v) is 2.70. The van der Waals surface area contributed by atoms with Crippen molar-refractivity contribution in [1.82, 2.24) is 5.32 Å². The number of carboxylic acid groups (broad SMARTS) is 1. The fourth-order valence-corrected chi connectivity index (χ4v) is 1.60. The number of carboxylic acids is 1. The molecule has 1 amide bonds. The highest BCUT2D eigenvalue weighted by Gasteiger charge is 2.04. The molecule has 0 saturated heterocycles. The van der Waals surface area contributed by atoms with E-state index in [-0.39, 0.29) is 12.5 Å². The van der Waals surface area contributed by atoms with Crippen LogP contribution >= 0.6 is 0 Å². The lowest BCUT2D eigenvalue weighted by Gasteiger charge is -2.08. The number of aliphatic carboxylic acids is 1. The minimum atomic E-state index is -1.02. The van der Waals surface area contributed by atoms with E-state index in [0.29, 0.717) is 24.6 Å². The monoisotopic (exact) mass is 279 g/mol. The van der Waals surface area contributed by atoms with Crippen LogP contribution in [0, 0.1) is 5.92 Å². The highest BCUT2D eigenvalue weighted by molar-refractivity contribution is 5.75. The minimum Gasteiger partial charge on any atom is -0.482 e. The van der Waals surface area contributed by atoms with Gasteiger partial charge in [0.2, 0.25) is 5.91 Å². The molecule has 0 saturated carbocycles. The van der Waals surface area contributed by atoms with Crippen LogP contribution in [0.1, 0.15) is 32.3 Å². The molecule has 0 aromatic heterocycles. The first-order valence-electron chi connectivity index (χ1n) is 6.67. The van der Waals surface area contributed by atoms with E-state index in [1.54, 1.807) is 18.2 Å². The first-order valence-corrected chi connectivity index (χ1v) is 6.67. The van der Waals surface area contributed by atoms with E-state index >= 15 is 0 Å². The molecular weight excluding hydrogens is 258 g/mol. The van der Waals surface area contributed by atoms with Crippen molar-refractivity contribution in [3.05, 3.63) is 29.8 Å². The van der Waals surface area contributed by atoms with Crippen LogP contribution in [0.5, 0.6) is 5.75 Å². The zero-order valence-electron chi connectivity index (χ0n) is 11.9. The Morgan fingerprint density at radius 1 is 1.35 bits per heavy atom. The molecule has 0 heterocycles. The summed E-state index contributed by atoms with van der Waals surface area (Å²) in [5, 5.41) is 11.4. The van der Waals surface area contributed by atoms with E-state index < -0.39 is 5.97 Å². The molecule has 1 aromatic rings. The van der Waals surface area contributed by atoms with Crippen LogP contribution in [0.2, 0.25) is 0 Å². The number of hydrogen-bond donors (Lipinski definition) is 2. The van der Waals surface area contributed by atoms with E-state index in [9.17, 15) is 9.59 Å². The lowest BCUT2D eigenvalue weighted by Crippen LogP contribution is -2.22. The summed E-state index contributed by atoms with van der Waals surface area (Å²) in [5.74, 6) is 0.00257. The molecule has 5 heteroatoms. The summed E-state index contributed by atoms with van der Waals surface area (Å²) in [5.41, 5.74) is 0.880. The van der Waals surface area contributed by atoms with Gasteiger partial charge in [0.1, 0.15) is 5.75 Å². The second-order valence-electron chi connectivity index (χ2n) is 5.04. The number of carbonyl (C=O) groups excluding carboxylic acids is 1. The first kappa shape index (κ1) is 16.0. The molecule has 0 aliphatic rings. The topological polar surface area (TPSA) is 75.6 Å². The maximum Gasteiger partial charge on any atom is 0.341 e. The molecule has 110 valence electrons. The Labute approximate surface area is 118 Å². The Morgan fingerprint density at radius 2 is 2.10 bits per heavy atom. The molecule has 0 aliphatic carbocycles. The second kappa shape index (κ2) is 8.19. The largest absolute Gasteiger partial charge is 0.482 e. The predicted octanol–water partition coefficient (Wildman–Crippen LogP) is 2.20. The number of benzene rings is 1. The van der Waals surface area contributed by atoms with Crippen molar-refractivity contribution in [2.75, 3.05) is 6.61 Å². The van der Waals surface area contributed by atoms with Crippen molar-refractivity contribution in [1.29, 1.82) is 0 Å². The van der Waals surface area contributed by atoms with Gasteiger partial charge >= 0.3 is 5.97 Å². The number of nitrogens with one attached hydrogen (secondary N) is 1. The summed E-state index contributed by atoms with van der Waals surface area (Å²) >= 11 is 0. The molecule has 2 N–H and O–H groups in total. The summed E-state index contributed by atoms with van der Waals surface area (Å²) in [6.45, 7) is 4.21. The Hall–Kier alpha value is -2.04. The third kappa shape index (κ3) is 6.78. The molecule has 5 nitrogen and oxygen atoms in total. The summed E-state index contributed by atoms with van der Waals surface area (Å²) in [6.07, 6.45) is 1.39. The first-order chi connectivity index (χ1) is 9.47. The Bertz CT molecular complexity index is 457. The lowest BCUT2D eigenvalue weighted by atomic mass is 10.1. The van der Waals surface area contributed by atoms with Gasteiger partial charge < -0.3 is 15.2 Å². The number of ether oxygens (including phenoxy) is 1. The van der Waals surface area contributed by atoms with E-state index in [1.807, 2.05) is 6.07 Å². The number of carbonyl (C=O) groups is 2. The fourth-order valence-electron chi connectivity index (χ4n) is 1.60. The van der Waals surface area contributed by atoms with Crippen LogP contribution < -0.4 is 10.1 Å². The van der Waals surface area contributed by atoms with Crippen molar-refractivity contribution in [2.24, 2.45) is 5.92 Å². The van der Waals surface area contributed by atoms with Crippen LogP contribution in [0.4, 0.5) is 0 Å². The lowest BCUT2D eigenvalue weighted by molar-refractivity contribution is -0.139. The van der Waals surface area contributed by atoms with Crippen molar-refractivity contribution < 1.29 is 19.4 Å². The van der Waals surface area contributed by atoms with Crippen molar-refractivity contribution >= 4 is 11.9 Å². The molecule has 0 atom stereocenters. The highest BCUT2D eigenvalue weighted by Crippen LogP contribution is 2.13.